The van der Waals surface area contributed by atoms with Crippen molar-refractivity contribution in [2.45, 2.75) is 25.3 Å². The normalized spacial score (nSPS) is 16.9. The Morgan fingerprint density at radius 1 is 1.25 bits per heavy atom. The maximum atomic E-state index is 12.7. The zero-order valence-electron chi connectivity index (χ0n) is 16.8. The van der Waals surface area contributed by atoms with Crippen LogP contribution in [0.1, 0.15) is 28.9 Å². The minimum Gasteiger partial charge on any atom is -0.493 e. The summed E-state index contributed by atoms with van der Waals surface area (Å²) in [6.07, 6.45) is 7.67. The molecule has 1 aromatic heterocycles. The molecule has 1 aromatic carbocycles. The molecular weight excluding hydrogens is 356 g/mol. The van der Waals surface area contributed by atoms with Crippen molar-refractivity contribution < 1.29 is 14.3 Å². The summed E-state index contributed by atoms with van der Waals surface area (Å²) in [4.78, 5) is 25.0. The number of hydrogen-bond donors (Lipinski definition) is 0. The molecule has 1 fully saturated rings. The van der Waals surface area contributed by atoms with Crippen molar-refractivity contribution >= 4 is 5.91 Å². The average molecular weight is 384 g/mol. The molecule has 0 bridgehead atoms. The summed E-state index contributed by atoms with van der Waals surface area (Å²) in [7, 11) is 5.42. The van der Waals surface area contributed by atoms with Crippen LogP contribution in [0.15, 0.2) is 36.8 Å². The molecule has 2 aromatic rings. The van der Waals surface area contributed by atoms with Gasteiger partial charge in [0.1, 0.15) is 5.69 Å². The van der Waals surface area contributed by atoms with E-state index in [9.17, 15) is 4.79 Å². The summed E-state index contributed by atoms with van der Waals surface area (Å²) in [5.74, 6) is 1.46. The number of carbonyl (C=O) groups excluding carboxylic acids is 1. The maximum Gasteiger partial charge on any atom is 0.274 e. The van der Waals surface area contributed by atoms with Crippen LogP contribution in [0.5, 0.6) is 11.5 Å². The van der Waals surface area contributed by atoms with Crippen LogP contribution in [0.4, 0.5) is 0 Å². The van der Waals surface area contributed by atoms with Gasteiger partial charge in [-0.15, -0.1) is 0 Å². The molecule has 0 saturated carbocycles. The van der Waals surface area contributed by atoms with Crippen LogP contribution in [0.3, 0.4) is 0 Å². The fourth-order valence-electron chi connectivity index (χ4n) is 3.59. The number of likely N-dealkylation sites (tertiary alicyclic amines) is 1. The third-order valence-electron chi connectivity index (χ3n) is 5.29. The SMILES string of the molecule is COc1ccc(CCN(C)C2CCCN(C(=O)c3cnccn3)C2)cc1OC. The average Bonchev–Trinajstić information content (AvgIpc) is 2.77. The zero-order valence-corrected chi connectivity index (χ0v) is 16.8. The monoisotopic (exact) mass is 384 g/mol. The van der Waals surface area contributed by atoms with Gasteiger partial charge in [0.05, 0.1) is 20.4 Å². The fourth-order valence-corrected chi connectivity index (χ4v) is 3.59. The lowest BCUT2D eigenvalue weighted by molar-refractivity contribution is 0.0605. The molecule has 7 heteroatoms. The molecule has 0 radical (unpaired) electrons. The molecule has 3 rings (SSSR count). The standard InChI is InChI=1S/C21H28N4O3/c1-24(12-8-16-6-7-19(27-2)20(13-16)28-3)17-5-4-11-25(15-17)21(26)18-14-22-9-10-23-18/h6-7,9-10,13-14,17H,4-5,8,11-12,15H2,1-3H3. The molecule has 1 aliphatic rings. The Bertz CT molecular complexity index is 784. The van der Waals surface area contributed by atoms with Crippen molar-refractivity contribution in [3.05, 3.63) is 48.0 Å². The Labute approximate surface area is 166 Å². The van der Waals surface area contributed by atoms with Crippen molar-refractivity contribution in [3.63, 3.8) is 0 Å². The van der Waals surface area contributed by atoms with E-state index in [0.717, 1.165) is 50.4 Å². The largest absolute Gasteiger partial charge is 0.493 e. The van der Waals surface area contributed by atoms with E-state index < -0.39 is 0 Å². The summed E-state index contributed by atoms with van der Waals surface area (Å²) in [6, 6.07) is 6.38. The van der Waals surface area contributed by atoms with Crippen molar-refractivity contribution in [3.8, 4) is 11.5 Å². The number of ether oxygens (including phenoxy) is 2. The van der Waals surface area contributed by atoms with E-state index in [1.807, 2.05) is 17.0 Å². The van der Waals surface area contributed by atoms with E-state index in [4.69, 9.17) is 9.47 Å². The van der Waals surface area contributed by atoms with Crippen LogP contribution in [0.2, 0.25) is 0 Å². The molecule has 1 aliphatic heterocycles. The smallest absolute Gasteiger partial charge is 0.274 e. The first-order chi connectivity index (χ1) is 13.6. The van der Waals surface area contributed by atoms with Crippen LogP contribution in [0, 0.1) is 0 Å². The van der Waals surface area contributed by atoms with Gasteiger partial charge >= 0.3 is 0 Å². The molecule has 7 nitrogen and oxygen atoms in total. The predicted octanol–water partition coefficient (Wildman–Crippen LogP) is 2.27. The summed E-state index contributed by atoms with van der Waals surface area (Å²) >= 11 is 0. The summed E-state index contributed by atoms with van der Waals surface area (Å²) < 4.78 is 10.7. The number of aromatic nitrogens is 2. The predicted molar refractivity (Wildman–Crippen MR) is 107 cm³/mol. The first-order valence-electron chi connectivity index (χ1n) is 9.58. The number of benzene rings is 1. The Hall–Kier alpha value is -2.67. The molecule has 2 heterocycles. The Balaban J connectivity index is 1.57. The first kappa shape index (κ1) is 20.1. The lowest BCUT2D eigenvalue weighted by Crippen LogP contribution is -2.49. The van der Waals surface area contributed by atoms with Gasteiger partial charge in [0.2, 0.25) is 0 Å². The van der Waals surface area contributed by atoms with Crippen molar-refractivity contribution in [2.75, 3.05) is 40.9 Å². The number of likely N-dealkylation sites (N-methyl/N-ethyl adjacent to an activating group) is 1. The number of piperidine rings is 1. The first-order valence-corrected chi connectivity index (χ1v) is 9.58. The molecule has 28 heavy (non-hydrogen) atoms. The topological polar surface area (TPSA) is 67.8 Å². The lowest BCUT2D eigenvalue weighted by Gasteiger charge is -2.37. The van der Waals surface area contributed by atoms with Gasteiger partial charge in [0.15, 0.2) is 11.5 Å². The number of rotatable bonds is 7. The van der Waals surface area contributed by atoms with Crippen LogP contribution < -0.4 is 9.47 Å². The second-order valence-corrected chi connectivity index (χ2v) is 7.06. The van der Waals surface area contributed by atoms with E-state index in [1.165, 1.54) is 11.8 Å². The molecule has 150 valence electrons. The number of amides is 1. The van der Waals surface area contributed by atoms with Gasteiger partial charge in [-0.3, -0.25) is 9.78 Å². The number of nitrogens with zero attached hydrogens (tertiary/aromatic N) is 4. The van der Waals surface area contributed by atoms with Crippen LogP contribution in [-0.2, 0) is 6.42 Å². The van der Waals surface area contributed by atoms with Crippen molar-refractivity contribution in [1.29, 1.82) is 0 Å². The second-order valence-electron chi connectivity index (χ2n) is 7.06. The number of methoxy groups -OCH3 is 2. The third-order valence-corrected chi connectivity index (χ3v) is 5.29. The molecule has 0 aliphatic carbocycles. The Kier molecular flexibility index (Phi) is 6.81. The van der Waals surface area contributed by atoms with Crippen LogP contribution in [-0.4, -0.2) is 72.6 Å². The molecule has 1 saturated heterocycles. The quantitative estimate of drug-likeness (QED) is 0.730. The van der Waals surface area contributed by atoms with E-state index in [1.54, 1.807) is 26.6 Å². The zero-order chi connectivity index (χ0) is 19.9. The maximum absolute atomic E-state index is 12.7. The van der Waals surface area contributed by atoms with Gasteiger partial charge in [-0.1, -0.05) is 6.07 Å². The highest BCUT2D eigenvalue weighted by atomic mass is 16.5. The van der Waals surface area contributed by atoms with E-state index >= 15 is 0 Å². The highest BCUT2D eigenvalue weighted by Gasteiger charge is 2.27. The van der Waals surface area contributed by atoms with Crippen molar-refractivity contribution in [2.24, 2.45) is 0 Å². The van der Waals surface area contributed by atoms with Gasteiger partial charge in [0, 0.05) is 38.1 Å². The van der Waals surface area contributed by atoms with Gasteiger partial charge in [-0.2, -0.15) is 0 Å². The van der Waals surface area contributed by atoms with Gasteiger partial charge in [-0.05, 0) is 44.0 Å². The highest BCUT2D eigenvalue weighted by Crippen LogP contribution is 2.28. The van der Waals surface area contributed by atoms with Gasteiger partial charge < -0.3 is 19.3 Å². The Morgan fingerprint density at radius 2 is 2.07 bits per heavy atom. The van der Waals surface area contributed by atoms with Crippen LogP contribution >= 0.6 is 0 Å². The molecule has 1 atom stereocenters. The highest BCUT2D eigenvalue weighted by molar-refractivity contribution is 5.92. The molecule has 0 N–H and O–H groups in total. The molecule has 1 unspecified atom stereocenters. The molecule has 0 spiro atoms. The minimum atomic E-state index is -0.0360. The summed E-state index contributed by atoms with van der Waals surface area (Å²) in [5, 5.41) is 0. The minimum absolute atomic E-state index is 0.0360. The summed E-state index contributed by atoms with van der Waals surface area (Å²) in [5.41, 5.74) is 1.61. The van der Waals surface area contributed by atoms with Crippen LogP contribution in [0.25, 0.3) is 0 Å². The van der Waals surface area contributed by atoms with E-state index in [-0.39, 0.29) is 5.91 Å². The Morgan fingerprint density at radius 3 is 2.79 bits per heavy atom. The second kappa shape index (κ2) is 9.50. The number of hydrogen-bond acceptors (Lipinski definition) is 6. The lowest BCUT2D eigenvalue weighted by atomic mass is 10.0. The van der Waals surface area contributed by atoms with Crippen molar-refractivity contribution in [1.82, 2.24) is 19.8 Å². The van der Waals surface area contributed by atoms with E-state index in [0.29, 0.717) is 11.7 Å². The van der Waals surface area contributed by atoms with Gasteiger partial charge in [-0.25, -0.2) is 4.98 Å². The third kappa shape index (κ3) is 4.78. The fraction of sp³-hybridized carbons (Fsp3) is 0.476. The number of carbonyl (C=O) groups is 1. The van der Waals surface area contributed by atoms with E-state index in [2.05, 4.69) is 28.0 Å². The molecular formula is C21H28N4O3. The molecule has 1 amide bonds. The van der Waals surface area contributed by atoms with Gasteiger partial charge in [0.25, 0.3) is 5.91 Å². The summed E-state index contributed by atoms with van der Waals surface area (Å²) in [6.45, 7) is 2.40.